The van der Waals surface area contributed by atoms with Gasteiger partial charge in [-0.25, -0.2) is 4.98 Å². The van der Waals surface area contributed by atoms with Gasteiger partial charge in [-0.3, -0.25) is 0 Å². The summed E-state index contributed by atoms with van der Waals surface area (Å²) in [5, 5.41) is 1.13. The lowest BCUT2D eigenvalue weighted by molar-refractivity contribution is 1.38. The van der Waals surface area contributed by atoms with Gasteiger partial charge < -0.3 is 4.98 Å². The molecule has 0 aliphatic carbocycles. The number of hydrogen-bond acceptors (Lipinski definition) is 1. The smallest absolute Gasteiger partial charge is 0.0894 e. The second kappa shape index (κ2) is 1.58. The first kappa shape index (κ1) is 4.56. The first-order valence-electron chi connectivity index (χ1n) is 2.76. The Hall–Kier alpha value is -1.31. The number of hydrogen-bond donors (Lipinski definition) is 1. The molecule has 1 radical (unpaired) electrons. The van der Waals surface area contributed by atoms with E-state index in [2.05, 4.69) is 16.2 Å². The summed E-state index contributed by atoms with van der Waals surface area (Å²) in [6, 6.07) is 3.77. The zero-order valence-corrected chi connectivity index (χ0v) is 4.76. The Labute approximate surface area is 52.5 Å². The molecule has 0 saturated carbocycles. The Kier molecular flexibility index (Phi) is 0.803. The van der Waals surface area contributed by atoms with E-state index in [4.69, 9.17) is 0 Å². The van der Waals surface area contributed by atoms with E-state index in [0.29, 0.717) is 0 Å². The number of rotatable bonds is 0. The summed E-state index contributed by atoms with van der Waals surface area (Å²) in [6.07, 6.45) is 6.52. The van der Waals surface area contributed by atoms with Crippen LogP contribution >= 0.6 is 0 Å². The van der Waals surface area contributed by atoms with Crippen LogP contribution < -0.4 is 0 Å². The van der Waals surface area contributed by atoms with E-state index in [-0.39, 0.29) is 0 Å². The highest BCUT2D eigenvalue weighted by Gasteiger charge is 1.88. The predicted octanol–water partition coefficient (Wildman–Crippen LogP) is 1.36. The molecule has 43 valence electrons. The molecule has 0 aliphatic heterocycles. The predicted molar refractivity (Wildman–Crippen MR) is 34.9 cm³/mol. The van der Waals surface area contributed by atoms with Crippen LogP contribution in [0.3, 0.4) is 0 Å². The quantitative estimate of drug-likeness (QED) is 0.554. The minimum atomic E-state index is 0.970. The molecule has 1 N–H and O–H groups in total. The zero-order valence-electron chi connectivity index (χ0n) is 4.76. The van der Waals surface area contributed by atoms with Crippen molar-refractivity contribution in [3.8, 4) is 0 Å². The van der Waals surface area contributed by atoms with Crippen LogP contribution in [0.1, 0.15) is 0 Å². The molecule has 2 rings (SSSR count). The maximum atomic E-state index is 3.98. The van der Waals surface area contributed by atoms with Gasteiger partial charge in [-0.1, -0.05) is 0 Å². The molecule has 0 aromatic carbocycles. The first-order valence-corrected chi connectivity index (χ1v) is 2.76. The largest absolute Gasteiger partial charge is 0.365 e. The number of H-pyrrole nitrogens is 1. The van der Waals surface area contributed by atoms with Crippen LogP contribution in [0.15, 0.2) is 24.5 Å². The highest BCUT2D eigenvalue weighted by molar-refractivity contribution is 5.77. The van der Waals surface area contributed by atoms with Crippen LogP contribution in [0.5, 0.6) is 0 Å². The number of nitrogens with zero attached hydrogens (tertiary/aromatic N) is 1. The summed E-state index contributed by atoms with van der Waals surface area (Å²) in [6.45, 7) is 0. The number of aromatic nitrogens is 2. The topological polar surface area (TPSA) is 28.7 Å². The minimum Gasteiger partial charge on any atom is -0.365 e. The molecule has 2 nitrogen and oxygen atoms in total. The molecule has 0 fully saturated rings. The lowest BCUT2D eigenvalue weighted by atomic mass is 10.3. The summed E-state index contributed by atoms with van der Waals surface area (Å²) in [4.78, 5) is 6.94. The average molecular weight is 117 g/mol. The molecule has 9 heavy (non-hydrogen) atoms. The van der Waals surface area contributed by atoms with E-state index < -0.39 is 0 Å². The van der Waals surface area contributed by atoms with E-state index in [1.165, 1.54) is 0 Å². The summed E-state index contributed by atoms with van der Waals surface area (Å²) in [5.74, 6) is 0. The molecule has 2 heterocycles. The van der Waals surface area contributed by atoms with E-state index in [9.17, 15) is 0 Å². The van der Waals surface area contributed by atoms with Crippen LogP contribution in [-0.2, 0) is 0 Å². The Morgan fingerprint density at radius 3 is 3.33 bits per heavy atom. The van der Waals surface area contributed by atoms with Crippen molar-refractivity contribution in [2.24, 2.45) is 0 Å². The Bertz CT molecular complexity index is 281. The van der Waals surface area contributed by atoms with Gasteiger partial charge in [0.2, 0.25) is 0 Å². The molecule has 0 saturated heterocycles. The van der Waals surface area contributed by atoms with Crippen LogP contribution in [0.4, 0.5) is 0 Å². The summed E-state index contributed by atoms with van der Waals surface area (Å²) in [7, 11) is 0. The third-order valence-corrected chi connectivity index (χ3v) is 1.28. The van der Waals surface area contributed by atoms with Gasteiger partial charge in [-0.15, -0.1) is 0 Å². The fraction of sp³-hybridized carbons (Fsp3) is 0. The van der Waals surface area contributed by atoms with Gasteiger partial charge in [0, 0.05) is 17.8 Å². The molecule has 0 spiro atoms. The van der Waals surface area contributed by atoms with E-state index in [1.54, 1.807) is 6.07 Å². The van der Waals surface area contributed by atoms with Crippen LogP contribution in [0, 0.1) is 6.20 Å². The van der Waals surface area contributed by atoms with Crippen molar-refractivity contribution in [3.63, 3.8) is 0 Å². The molecule has 0 amide bonds. The van der Waals surface area contributed by atoms with Crippen molar-refractivity contribution in [1.29, 1.82) is 0 Å². The van der Waals surface area contributed by atoms with Crippen molar-refractivity contribution < 1.29 is 0 Å². The summed E-state index contributed by atoms with van der Waals surface area (Å²) < 4.78 is 0. The van der Waals surface area contributed by atoms with Gasteiger partial charge in [0.1, 0.15) is 0 Å². The third-order valence-electron chi connectivity index (χ3n) is 1.28. The van der Waals surface area contributed by atoms with E-state index in [1.807, 2.05) is 18.5 Å². The first-order chi connectivity index (χ1) is 4.47. The molecular formula is C7H5N2. The van der Waals surface area contributed by atoms with Gasteiger partial charge in [0.25, 0.3) is 0 Å². The molecule has 0 aliphatic rings. The standard InChI is InChI=1S/C7H5N2/c1-2-6-4-8-5-7(6)9-3-1/h1-2,4-5,8H. The number of pyridine rings is 1. The highest BCUT2D eigenvalue weighted by Crippen LogP contribution is 2.06. The second-order valence-electron chi connectivity index (χ2n) is 1.87. The van der Waals surface area contributed by atoms with Gasteiger partial charge in [-0.2, -0.15) is 0 Å². The van der Waals surface area contributed by atoms with Crippen molar-refractivity contribution in [2.45, 2.75) is 0 Å². The Balaban J connectivity index is 2.95. The third kappa shape index (κ3) is 0.598. The normalized spacial score (nSPS) is 10.2. The van der Waals surface area contributed by atoms with E-state index >= 15 is 0 Å². The zero-order chi connectivity index (χ0) is 6.10. The highest BCUT2D eigenvalue weighted by atomic mass is 14.7. The maximum Gasteiger partial charge on any atom is 0.0894 e. The van der Waals surface area contributed by atoms with E-state index in [0.717, 1.165) is 10.9 Å². The van der Waals surface area contributed by atoms with Gasteiger partial charge in [-0.05, 0) is 12.1 Å². The fourth-order valence-corrected chi connectivity index (χ4v) is 0.832. The molecule has 0 bridgehead atoms. The maximum absolute atomic E-state index is 3.98. The fourth-order valence-electron chi connectivity index (χ4n) is 0.832. The van der Waals surface area contributed by atoms with Gasteiger partial charge in [0.05, 0.1) is 11.7 Å². The number of aromatic amines is 1. The van der Waals surface area contributed by atoms with Crippen molar-refractivity contribution >= 4 is 10.9 Å². The summed E-state index contributed by atoms with van der Waals surface area (Å²) >= 11 is 0. The molecule has 0 atom stereocenters. The lowest BCUT2D eigenvalue weighted by Crippen LogP contribution is -1.67. The monoisotopic (exact) mass is 117 g/mol. The Morgan fingerprint density at radius 2 is 2.44 bits per heavy atom. The van der Waals surface area contributed by atoms with Crippen molar-refractivity contribution in [2.75, 3.05) is 0 Å². The van der Waals surface area contributed by atoms with Crippen LogP contribution in [0.25, 0.3) is 10.9 Å². The Morgan fingerprint density at radius 1 is 1.44 bits per heavy atom. The van der Waals surface area contributed by atoms with Gasteiger partial charge in [0.15, 0.2) is 0 Å². The number of nitrogens with one attached hydrogen (secondary N) is 1. The van der Waals surface area contributed by atoms with Crippen molar-refractivity contribution in [1.82, 2.24) is 9.97 Å². The second-order valence-corrected chi connectivity index (χ2v) is 1.87. The van der Waals surface area contributed by atoms with Crippen molar-refractivity contribution in [3.05, 3.63) is 30.7 Å². The molecule has 0 unspecified atom stereocenters. The number of fused-ring (bicyclic) bond motifs is 1. The average Bonchev–Trinajstić information content (AvgIpc) is 2.33. The molecule has 2 heteroatoms. The lowest BCUT2D eigenvalue weighted by Gasteiger charge is -1.80. The molecular weight excluding hydrogens is 112 g/mol. The van der Waals surface area contributed by atoms with Crippen LogP contribution in [-0.4, -0.2) is 9.97 Å². The SMILES string of the molecule is [c]1ccc2c[nH]cc2n1. The summed E-state index contributed by atoms with van der Waals surface area (Å²) in [5.41, 5.74) is 0.970. The van der Waals surface area contributed by atoms with Gasteiger partial charge >= 0.3 is 0 Å². The van der Waals surface area contributed by atoms with Crippen LogP contribution in [0.2, 0.25) is 0 Å². The molecule has 2 aromatic rings. The molecule has 2 aromatic heterocycles. The minimum absolute atomic E-state index is 0.970.